The van der Waals surface area contributed by atoms with Crippen molar-refractivity contribution in [3.63, 3.8) is 0 Å². The topological polar surface area (TPSA) is 83.6 Å². The molecular weight excluding hydrogens is 146 g/mol. The Morgan fingerprint density at radius 2 is 1.73 bits per heavy atom. The monoisotopic (exact) mass is 163 g/mol. The van der Waals surface area contributed by atoms with Crippen LogP contribution >= 0.6 is 0 Å². The fourth-order valence-corrected chi connectivity index (χ4v) is 0.644. The molecule has 11 heavy (non-hydrogen) atoms. The zero-order valence-corrected chi connectivity index (χ0v) is 7.29. The van der Waals surface area contributed by atoms with Gasteiger partial charge >= 0.3 is 6.16 Å². The van der Waals surface area contributed by atoms with Gasteiger partial charge in [0, 0.05) is 5.54 Å². The van der Waals surface area contributed by atoms with Crippen LogP contribution in [0.3, 0.4) is 0 Å². The van der Waals surface area contributed by atoms with Crippen molar-refractivity contribution < 1.29 is 15.0 Å². The van der Waals surface area contributed by atoms with Crippen molar-refractivity contribution in [3.8, 4) is 0 Å². The first-order chi connectivity index (χ1) is 4.79. The first-order valence-corrected chi connectivity index (χ1v) is 3.50. The molecule has 0 rings (SSSR count). The zero-order valence-electron chi connectivity index (χ0n) is 7.29. The average Bonchev–Trinajstić information content (AvgIpc) is 1.58. The Balaban J connectivity index is 0. The Kier molecular flexibility index (Phi) is 6.99. The smallest absolute Gasteiger partial charge is 0.450 e. The second kappa shape index (κ2) is 5.97. The van der Waals surface area contributed by atoms with Crippen LogP contribution in [0.1, 0.15) is 33.6 Å². The molecule has 0 aromatic rings. The van der Waals surface area contributed by atoms with Crippen LogP contribution in [0.15, 0.2) is 0 Å². The summed E-state index contributed by atoms with van der Waals surface area (Å²) < 4.78 is 0. The van der Waals surface area contributed by atoms with Gasteiger partial charge in [0.1, 0.15) is 0 Å². The van der Waals surface area contributed by atoms with Crippen LogP contribution in [-0.2, 0) is 0 Å². The SMILES string of the molecule is CCCC(C)(C)N.O=C(O)O. The van der Waals surface area contributed by atoms with E-state index in [-0.39, 0.29) is 5.54 Å². The van der Waals surface area contributed by atoms with E-state index >= 15 is 0 Å². The predicted octanol–water partition coefficient (Wildman–Crippen LogP) is 1.75. The molecule has 4 N–H and O–H groups in total. The van der Waals surface area contributed by atoms with E-state index in [2.05, 4.69) is 20.8 Å². The Bertz CT molecular complexity index is 103. The van der Waals surface area contributed by atoms with Gasteiger partial charge in [-0.3, -0.25) is 0 Å². The molecular formula is C7H17NO3. The minimum atomic E-state index is -1.83. The normalized spacial score (nSPS) is 9.82. The van der Waals surface area contributed by atoms with Crippen LogP contribution in [0.25, 0.3) is 0 Å². The average molecular weight is 163 g/mol. The van der Waals surface area contributed by atoms with Crippen molar-refractivity contribution in [2.24, 2.45) is 5.73 Å². The standard InChI is InChI=1S/C6H15N.CH2O3/c1-4-5-6(2,3)7;2-1(3)4/h4-5,7H2,1-3H3;(H2,2,3,4). The molecule has 0 aromatic heterocycles. The van der Waals surface area contributed by atoms with E-state index in [0.29, 0.717) is 0 Å². The number of carboxylic acid groups (broad SMARTS) is 2. The summed E-state index contributed by atoms with van der Waals surface area (Å²) in [4.78, 5) is 8.56. The van der Waals surface area contributed by atoms with Crippen molar-refractivity contribution in [2.45, 2.75) is 39.2 Å². The molecule has 68 valence electrons. The second-order valence-electron chi connectivity index (χ2n) is 3.02. The molecule has 0 radical (unpaired) electrons. The van der Waals surface area contributed by atoms with E-state index in [1.54, 1.807) is 0 Å². The summed E-state index contributed by atoms with van der Waals surface area (Å²) in [6.45, 7) is 6.25. The Morgan fingerprint density at radius 1 is 1.45 bits per heavy atom. The lowest BCUT2D eigenvalue weighted by molar-refractivity contribution is 0.137. The summed E-state index contributed by atoms with van der Waals surface area (Å²) in [5.41, 5.74) is 5.70. The maximum atomic E-state index is 8.56. The zero-order chi connectivity index (χ0) is 9.49. The highest BCUT2D eigenvalue weighted by Gasteiger charge is 2.06. The van der Waals surface area contributed by atoms with Gasteiger partial charge in [0.15, 0.2) is 0 Å². The first-order valence-electron chi connectivity index (χ1n) is 3.50. The van der Waals surface area contributed by atoms with E-state index in [1.165, 1.54) is 6.42 Å². The molecule has 0 aliphatic heterocycles. The van der Waals surface area contributed by atoms with Crippen molar-refractivity contribution in [3.05, 3.63) is 0 Å². The Hall–Kier alpha value is -0.770. The number of carbonyl (C=O) groups is 1. The number of hydrogen-bond donors (Lipinski definition) is 3. The van der Waals surface area contributed by atoms with E-state index in [1.807, 2.05) is 0 Å². The van der Waals surface area contributed by atoms with E-state index in [0.717, 1.165) is 6.42 Å². The predicted molar refractivity (Wildman–Crippen MR) is 43.8 cm³/mol. The van der Waals surface area contributed by atoms with Crippen molar-refractivity contribution in [1.82, 2.24) is 0 Å². The van der Waals surface area contributed by atoms with Crippen LogP contribution in [0, 0.1) is 0 Å². The molecule has 4 heteroatoms. The summed E-state index contributed by atoms with van der Waals surface area (Å²) >= 11 is 0. The van der Waals surface area contributed by atoms with Gasteiger partial charge < -0.3 is 15.9 Å². The van der Waals surface area contributed by atoms with Gasteiger partial charge in [-0.2, -0.15) is 0 Å². The molecule has 0 aromatic carbocycles. The van der Waals surface area contributed by atoms with Crippen LogP contribution in [0.2, 0.25) is 0 Å². The fourth-order valence-electron chi connectivity index (χ4n) is 0.644. The largest absolute Gasteiger partial charge is 0.503 e. The van der Waals surface area contributed by atoms with Gasteiger partial charge in [0.05, 0.1) is 0 Å². The van der Waals surface area contributed by atoms with E-state index in [4.69, 9.17) is 20.7 Å². The van der Waals surface area contributed by atoms with Crippen LogP contribution in [-0.4, -0.2) is 21.9 Å². The van der Waals surface area contributed by atoms with Gasteiger partial charge in [-0.25, -0.2) is 4.79 Å². The molecule has 0 fully saturated rings. The lowest BCUT2D eigenvalue weighted by Crippen LogP contribution is -2.31. The summed E-state index contributed by atoms with van der Waals surface area (Å²) in [6, 6.07) is 0. The quantitative estimate of drug-likeness (QED) is 0.579. The molecule has 0 unspecified atom stereocenters. The summed E-state index contributed by atoms with van der Waals surface area (Å²) in [5.74, 6) is 0. The highest BCUT2D eigenvalue weighted by Crippen LogP contribution is 2.04. The van der Waals surface area contributed by atoms with E-state index < -0.39 is 6.16 Å². The maximum Gasteiger partial charge on any atom is 0.503 e. The molecule has 0 heterocycles. The van der Waals surface area contributed by atoms with Gasteiger partial charge in [0.25, 0.3) is 0 Å². The van der Waals surface area contributed by atoms with Gasteiger partial charge in [-0.05, 0) is 20.3 Å². The van der Waals surface area contributed by atoms with Crippen molar-refractivity contribution >= 4 is 6.16 Å². The van der Waals surface area contributed by atoms with Gasteiger partial charge in [-0.15, -0.1) is 0 Å². The highest BCUT2D eigenvalue weighted by molar-refractivity contribution is 5.53. The second-order valence-corrected chi connectivity index (χ2v) is 3.02. The Labute approximate surface area is 67.0 Å². The molecule has 0 saturated heterocycles. The lowest BCUT2D eigenvalue weighted by atomic mass is 10.0. The molecule has 0 spiro atoms. The minimum Gasteiger partial charge on any atom is -0.450 e. The third kappa shape index (κ3) is 46.2. The Morgan fingerprint density at radius 3 is 1.73 bits per heavy atom. The van der Waals surface area contributed by atoms with Crippen molar-refractivity contribution in [2.75, 3.05) is 0 Å². The van der Waals surface area contributed by atoms with Crippen LogP contribution < -0.4 is 5.73 Å². The van der Waals surface area contributed by atoms with Gasteiger partial charge in [0.2, 0.25) is 0 Å². The maximum absolute atomic E-state index is 8.56. The molecule has 0 aliphatic carbocycles. The molecule has 0 aliphatic rings. The van der Waals surface area contributed by atoms with Crippen LogP contribution in [0.4, 0.5) is 4.79 Å². The fraction of sp³-hybridized carbons (Fsp3) is 0.857. The number of hydrogen-bond acceptors (Lipinski definition) is 2. The highest BCUT2D eigenvalue weighted by atomic mass is 16.6. The molecule has 0 amide bonds. The summed E-state index contributed by atoms with van der Waals surface area (Å²) in [6.07, 6.45) is 0.469. The minimum absolute atomic E-state index is 0.0503. The third-order valence-electron chi connectivity index (χ3n) is 0.894. The molecule has 0 bridgehead atoms. The van der Waals surface area contributed by atoms with Gasteiger partial charge in [-0.1, -0.05) is 13.3 Å². The lowest BCUT2D eigenvalue weighted by Gasteiger charge is -2.15. The number of nitrogens with two attached hydrogens (primary N) is 1. The molecule has 0 saturated carbocycles. The summed E-state index contributed by atoms with van der Waals surface area (Å²) in [5, 5.41) is 13.9. The first kappa shape index (κ1) is 12.9. The van der Waals surface area contributed by atoms with E-state index in [9.17, 15) is 0 Å². The van der Waals surface area contributed by atoms with Crippen LogP contribution in [0.5, 0.6) is 0 Å². The van der Waals surface area contributed by atoms with Crippen molar-refractivity contribution in [1.29, 1.82) is 0 Å². The summed E-state index contributed by atoms with van der Waals surface area (Å²) in [7, 11) is 0. The molecule has 0 atom stereocenters. The molecule has 4 nitrogen and oxygen atoms in total. The number of rotatable bonds is 2. The third-order valence-corrected chi connectivity index (χ3v) is 0.894.